The molecule has 1 rings (SSSR count). The molecule has 1 nitrogen and oxygen atoms in total. The summed E-state index contributed by atoms with van der Waals surface area (Å²) in [6, 6.07) is 7.79. The van der Waals surface area contributed by atoms with Gasteiger partial charge in [0.25, 0.3) is 0 Å². The van der Waals surface area contributed by atoms with E-state index in [0.29, 0.717) is 0 Å². The van der Waals surface area contributed by atoms with Gasteiger partial charge in [0.05, 0.1) is 6.61 Å². The normalized spacial score (nSPS) is 8.60. The molecular weight excluding hydrogens is 239 g/mol. The largest absolute Gasteiger partial charge is 0.392 e. The van der Waals surface area contributed by atoms with Gasteiger partial charge in [-0.05, 0) is 40.3 Å². The fourth-order valence-electron chi connectivity index (χ4n) is 0.590. The second kappa shape index (κ2) is 4.68. The zero-order valence-electron chi connectivity index (χ0n) is 4.84. The van der Waals surface area contributed by atoms with Crippen LogP contribution in [0.25, 0.3) is 0 Å². The third-order valence-corrected chi connectivity index (χ3v) is 1.81. The Kier molecular flexibility index (Phi) is 4.64. The molecule has 1 aromatic rings. The molecular formula is C8H11IO. The first-order valence-electron chi connectivity index (χ1n) is 2.68. The van der Waals surface area contributed by atoms with Crippen LogP contribution in [0.15, 0.2) is 24.3 Å². The van der Waals surface area contributed by atoms with Crippen molar-refractivity contribution in [3.8, 4) is 0 Å². The minimum absolute atomic E-state index is 0. The second-order valence-corrected chi connectivity index (χ2v) is 3.03. The third-order valence-electron chi connectivity index (χ3n) is 1.10. The zero-order chi connectivity index (χ0) is 6.69. The van der Waals surface area contributed by atoms with E-state index >= 15 is 0 Å². The van der Waals surface area contributed by atoms with Crippen molar-refractivity contribution < 1.29 is 5.11 Å². The van der Waals surface area contributed by atoms with Crippen LogP contribution in [0.1, 0.15) is 13.0 Å². The molecule has 1 aromatic carbocycles. The summed E-state index contributed by atoms with van der Waals surface area (Å²) in [5.41, 5.74) is 0.968. The monoisotopic (exact) mass is 250 g/mol. The van der Waals surface area contributed by atoms with Crippen LogP contribution in [-0.2, 0) is 6.61 Å². The predicted molar refractivity (Wildman–Crippen MR) is 51.8 cm³/mol. The molecule has 0 fully saturated rings. The first-order chi connectivity index (χ1) is 4.33. The van der Waals surface area contributed by atoms with Crippen LogP contribution in [0.2, 0.25) is 0 Å². The summed E-state index contributed by atoms with van der Waals surface area (Å²) < 4.78 is 1.20. The molecule has 0 heterocycles. The van der Waals surface area contributed by atoms with Crippen molar-refractivity contribution in [1.82, 2.24) is 0 Å². The van der Waals surface area contributed by atoms with Crippen LogP contribution in [0.3, 0.4) is 0 Å². The molecule has 0 spiro atoms. The standard InChI is InChI=1S/C7H7IO.CH4/c8-7-3-1-6(5-9)2-4-7;/h1-4,9H,5H2;1H4. The molecule has 0 bridgehead atoms. The van der Waals surface area contributed by atoms with E-state index < -0.39 is 0 Å². The molecule has 0 aliphatic heterocycles. The Morgan fingerprint density at radius 1 is 1.20 bits per heavy atom. The van der Waals surface area contributed by atoms with Gasteiger partial charge in [0.2, 0.25) is 0 Å². The van der Waals surface area contributed by atoms with Crippen LogP contribution in [0.5, 0.6) is 0 Å². The number of rotatable bonds is 1. The Balaban J connectivity index is 0.000000810. The highest BCUT2D eigenvalue weighted by Crippen LogP contribution is 2.05. The Bertz CT molecular complexity index is 181. The van der Waals surface area contributed by atoms with Gasteiger partial charge in [0.1, 0.15) is 0 Å². The molecule has 56 valence electrons. The Morgan fingerprint density at radius 3 is 2.10 bits per heavy atom. The molecule has 0 amide bonds. The van der Waals surface area contributed by atoms with Crippen molar-refractivity contribution in [2.45, 2.75) is 14.0 Å². The third kappa shape index (κ3) is 2.66. The van der Waals surface area contributed by atoms with Gasteiger partial charge in [0.15, 0.2) is 0 Å². The summed E-state index contributed by atoms with van der Waals surface area (Å²) in [6.07, 6.45) is 0. The molecule has 0 aliphatic rings. The van der Waals surface area contributed by atoms with E-state index in [1.807, 2.05) is 24.3 Å². The Morgan fingerprint density at radius 2 is 1.70 bits per heavy atom. The van der Waals surface area contributed by atoms with E-state index in [9.17, 15) is 0 Å². The summed E-state index contributed by atoms with van der Waals surface area (Å²) in [6.45, 7) is 0.136. The average molecular weight is 250 g/mol. The molecule has 1 N–H and O–H groups in total. The lowest BCUT2D eigenvalue weighted by atomic mass is 10.2. The first-order valence-corrected chi connectivity index (χ1v) is 3.76. The minimum Gasteiger partial charge on any atom is -0.392 e. The zero-order valence-corrected chi connectivity index (χ0v) is 7.00. The van der Waals surface area contributed by atoms with E-state index in [2.05, 4.69) is 22.6 Å². The van der Waals surface area contributed by atoms with Gasteiger partial charge >= 0.3 is 0 Å². The van der Waals surface area contributed by atoms with Crippen LogP contribution < -0.4 is 0 Å². The lowest BCUT2D eigenvalue weighted by Crippen LogP contribution is -1.80. The summed E-state index contributed by atoms with van der Waals surface area (Å²) in [7, 11) is 0. The van der Waals surface area contributed by atoms with Crippen LogP contribution in [0.4, 0.5) is 0 Å². The summed E-state index contributed by atoms with van der Waals surface area (Å²) >= 11 is 2.23. The topological polar surface area (TPSA) is 20.2 Å². The van der Waals surface area contributed by atoms with E-state index in [4.69, 9.17) is 5.11 Å². The quantitative estimate of drug-likeness (QED) is 0.759. The molecule has 0 unspecified atom stereocenters. The van der Waals surface area contributed by atoms with Crippen molar-refractivity contribution in [2.75, 3.05) is 0 Å². The van der Waals surface area contributed by atoms with E-state index in [-0.39, 0.29) is 14.0 Å². The summed E-state index contributed by atoms with van der Waals surface area (Å²) in [5.74, 6) is 0. The minimum atomic E-state index is 0. The number of aliphatic hydroxyl groups is 1. The molecule has 0 saturated heterocycles. The molecule has 2 heteroatoms. The lowest BCUT2D eigenvalue weighted by molar-refractivity contribution is 0.282. The van der Waals surface area contributed by atoms with E-state index in [1.165, 1.54) is 3.57 Å². The summed E-state index contributed by atoms with van der Waals surface area (Å²) in [4.78, 5) is 0. The molecule has 10 heavy (non-hydrogen) atoms. The van der Waals surface area contributed by atoms with Gasteiger partial charge < -0.3 is 5.11 Å². The molecule has 0 atom stereocenters. The predicted octanol–water partition coefficient (Wildman–Crippen LogP) is 2.42. The SMILES string of the molecule is C.OCc1ccc(I)cc1. The number of halogens is 1. The molecule has 0 aliphatic carbocycles. The van der Waals surface area contributed by atoms with Crippen molar-refractivity contribution in [2.24, 2.45) is 0 Å². The lowest BCUT2D eigenvalue weighted by Gasteiger charge is -1.92. The van der Waals surface area contributed by atoms with E-state index in [0.717, 1.165) is 5.56 Å². The number of hydrogen-bond donors (Lipinski definition) is 1. The maximum absolute atomic E-state index is 8.63. The highest BCUT2D eigenvalue weighted by molar-refractivity contribution is 14.1. The Hall–Kier alpha value is -0.0900. The molecule has 0 saturated carbocycles. The van der Waals surface area contributed by atoms with Gasteiger partial charge in [-0.15, -0.1) is 0 Å². The van der Waals surface area contributed by atoms with Crippen LogP contribution in [-0.4, -0.2) is 5.11 Å². The number of benzene rings is 1. The molecule has 0 aromatic heterocycles. The van der Waals surface area contributed by atoms with Gasteiger partial charge in [-0.3, -0.25) is 0 Å². The maximum Gasteiger partial charge on any atom is 0.0681 e. The maximum atomic E-state index is 8.63. The van der Waals surface area contributed by atoms with Gasteiger partial charge in [-0.25, -0.2) is 0 Å². The number of aliphatic hydroxyl groups excluding tert-OH is 1. The smallest absolute Gasteiger partial charge is 0.0681 e. The van der Waals surface area contributed by atoms with Gasteiger partial charge in [-0.2, -0.15) is 0 Å². The van der Waals surface area contributed by atoms with Crippen LogP contribution >= 0.6 is 22.6 Å². The molecule has 0 radical (unpaired) electrons. The van der Waals surface area contributed by atoms with Crippen molar-refractivity contribution in [1.29, 1.82) is 0 Å². The fourth-order valence-corrected chi connectivity index (χ4v) is 0.949. The van der Waals surface area contributed by atoms with E-state index in [1.54, 1.807) is 0 Å². The van der Waals surface area contributed by atoms with Crippen LogP contribution in [0, 0.1) is 3.57 Å². The van der Waals surface area contributed by atoms with Crippen molar-refractivity contribution in [3.63, 3.8) is 0 Å². The highest BCUT2D eigenvalue weighted by atomic mass is 127. The first kappa shape index (κ1) is 9.91. The van der Waals surface area contributed by atoms with Gasteiger partial charge in [0, 0.05) is 3.57 Å². The van der Waals surface area contributed by atoms with Gasteiger partial charge in [-0.1, -0.05) is 19.6 Å². The van der Waals surface area contributed by atoms with Crippen molar-refractivity contribution >= 4 is 22.6 Å². The fraction of sp³-hybridized carbons (Fsp3) is 0.250. The summed E-state index contributed by atoms with van der Waals surface area (Å²) in [5, 5.41) is 8.63. The Labute approximate surface area is 75.2 Å². The number of hydrogen-bond acceptors (Lipinski definition) is 1. The highest BCUT2D eigenvalue weighted by Gasteiger charge is 1.86. The van der Waals surface area contributed by atoms with Crippen molar-refractivity contribution in [3.05, 3.63) is 33.4 Å². The second-order valence-electron chi connectivity index (χ2n) is 1.78. The average Bonchev–Trinajstić information content (AvgIpc) is 1.90.